The van der Waals surface area contributed by atoms with Crippen molar-refractivity contribution in [3.05, 3.63) is 0 Å². The minimum Gasteiger partial charge on any atom is -0.481 e. The first kappa shape index (κ1) is 17.1. The van der Waals surface area contributed by atoms with E-state index in [1.165, 1.54) is 18.6 Å². The van der Waals surface area contributed by atoms with Gasteiger partial charge in [0.15, 0.2) is 0 Å². The maximum absolute atomic E-state index is 10.2. The molecular weight excluding hydrogens is 254 g/mol. The van der Waals surface area contributed by atoms with Gasteiger partial charge in [-0.1, -0.05) is 41.9 Å². The first-order chi connectivity index (χ1) is 8.20. The second-order valence-electron chi connectivity index (χ2n) is 3.93. The summed E-state index contributed by atoms with van der Waals surface area (Å²) in [5.41, 5.74) is 0. The molecule has 0 amide bonds. The third-order valence-corrected chi connectivity index (χ3v) is 5.40. The summed E-state index contributed by atoms with van der Waals surface area (Å²) in [7, 11) is 3.92. The third-order valence-electron chi connectivity index (χ3n) is 2.39. The van der Waals surface area contributed by atoms with Gasteiger partial charge in [-0.15, -0.1) is 0 Å². The van der Waals surface area contributed by atoms with Crippen LogP contribution in [0.1, 0.15) is 46.0 Å². The molecule has 3 nitrogen and oxygen atoms in total. The quantitative estimate of drug-likeness (QED) is 0.552. The van der Waals surface area contributed by atoms with Crippen LogP contribution in [0.3, 0.4) is 0 Å². The highest BCUT2D eigenvalue weighted by molar-refractivity contribution is 8.77. The minimum absolute atomic E-state index is 0.338. The van der Waals surface area contributed by atoms with Crippen LogP contribution in [0.25, 0.3) is 0 Å². The van der Waals surface area contributed by atoms with Gasteiger partial charge in [-0.2, -0.15) is 0 Å². The Balaban J connectivity index is 0.000000437. The van der Waals surface area contributed by atoms with E-state index in [2.05, 4.69) is 19.2 Å². The molecule has 1 aliphatic rings. The van der Waals surface area contributed by atoms with E-state index in [4.69, 9.17) is 5.11 Å². The van der Waals surface area contributed by atoms with Crippen LogP contribution in [0.15, 0.2) is 0 Å². The van der Waals surface area contributed by atoms with Gasteiger partial charge in [-0.3, -0.25) is 4.79 Å². The zero-order valence-corrected chi connectivity index (χ0v) is 12.5. The van der Waals surface area contributed by atoms with Crippen molar-refractivity contribution in [1.82, 2.24) is 5.32 Å². The Morgan fingerprint density at radius 2 is 2.06 bits per heavy atom. The van der Waals surface area contributed by atoms with E-state index < -0.39 is 5.97 Å². The van der Waals surface area contributed by atoms with Crippen LogP contribution in [-0.4, -0.2) is 35.2 Å². The number of hydrogen-bond acceptors (Lipinski definition) is 4. The average Bonchev–Trinajstić information content (AvgIpc) is 2.79. The molecule has 0 aromatic heterocycles. The number of nitrogens with one attached hydrogen (secondary N) is 1. The molecule has 0 radical (unpaired) electrons. The molecule has 0 aromatic carbocycles. The Bertz CT molecular complexity index is 183. The topological polar surface area (TPSA) is 49.3 Å². The molecule has 0 saturated carbocycles. The van der Waals surface area contributed by atoms with Crippen LogP contribution in [0.2, 0.25) is 0 Å². The van der Waals surface area contributed by atoms with Crippen molar-refractivity contribution >= 4 is 27.6 Å². The van der Waals surface area contributed by atoms with E-state index in [1.807, 2.05) is 21.6 Å². The molecule has 1 aliphatic heterocycles. The lowest BCUT2D eigenvalue weighted by atomic mass is 10.1. The van der Waals surface area contributed by atoms with E-state index >= 15 is 0 Å². The van der Waals surface area contributed by atoms with Gasteiger partial charge >= 0.3 is 5.97 Å². The molecule has 0 aliphatic carbocycles. The summed E-state index contributed by atoms with van der Waals surface area (Å²) < 4.78 is 0. The summed E-state index contributed by atoms with van der Waals surface area (Å²) >= 11 is 0. The molecule has 5 heteroatoms. The number of rotatable bonds is 7. The van der Waals surface area contributed by atoms with Crippen molar-refractivity contribution in [2.24, 2.45) is 0 Å². The van der Waals surface area contributed by atoms with Gasteiger partial charge in [0, 0.05) is 17.4 Å². The summed E-state index contributed by atoms with van der Waals surface area (Å²) in [5.74, 6) is 0.609. The van der Waals surface area contributed by atoms with Crippen LogP contribution in [0.4, 0.5) is 0 Å². The SMILES string of the molecule is CCNCC.O=C(O)CCCC[C@@H]1CCSS1. The van der Waals surface area contributed by atoms with Crippen molar-refractivity contribution in [3.63, 3.8) is 0 Å². The molecule has 102 valence electrons. The standard InChI is InChI=1S/C8H14O2S2.C4H11N/c9-8(10)4-2-1-3-7-5-6-11-12-7;1-3-5-4-2/h7H,1-6H2,(H,9,10);5H,3-4H2,1-2H3/t7-;/m1./s1. The normalized spacial score (nSPS) is 18.6. The molecule has 0 unspecified atom stereocenters. The second-order valence-corrected chi connectivity index (χ2v) is 6.71. The van der Waals surface area contributed by atoms with Gasteiger partial charge in [0.25, 0.3) is 0 Å². The van der Waals surface area contributed by atoms with Crippen molar-refractivity contribution < 1.29 is 9.90 Å². The van der Waals surface area contributed by atoms with E-state index in [9.17, 15) is 4.79 Å². The van der Waals surface area contributed by atoms with Gasteiger partial charge < -0.3 is 10.4 Å². The van der Waals surface area contributed by atoms with Crippen LogP contribution < -0.4 is 5.32 Å². The molecule has 0 aromatic rings. The molecule has 17 heavy (non-hydrogen) atoms. The minimum atomic E-state index is -0.663. The Kier molecular flexibility index (Phi) is 12.7. The first-order valence-electron chi connectivity index (χ1n) is 6.41. The highest BCUT2D eigenvalue weighted by Gasteiger charge is 2.15. The fourth-order valence-corrected chi connectivity index (χ4v) is 4.49. The first-order valence-corrected chi connectivity index (χ1v) is 8.79. The van der Waals surface area contributed by atoms with Crippen LogP contribution >= 0.6 is 21.6 Å². The number of unbranched alkanes of at least 4 members (excludes halogenated alkanes) is 1. The zero-order valence-electron chi connectivity index (χ0n) is 10.9. The molecule has 1 fully saturated rings. The van der Waals surface area contributed by atoms with E-state index in [-0.39, 0.29) is 0 Å². The van der Waals surface area contributed by atoms with E-state index in [0.717, 1.165) is 31.2 Å². The molecular formula is C12H25NO2S2. The maximum atomic E-state index is 10.2. The predicted molar refractivity (Wildman–Crippen MR) is 78.8 cm³/mol. The van der Waals surface area contributed by atoms with Crippen molar-refractivity contribution in [1.29, 1.82) is 0 Å². The Labute approximate surface area is 113 Å². The lowest BCUT2D eigenvalue weighted by Gasteiger charge is -2.04. The average molecular weight is 279 g/mol. The number of carboxylic acid groups (broad SMARTS) is 1. The van der Waals surface area contributed by atoms with Crippen molar-refractivity contribution in [2.75, 3.05) is 18.8 Å². The number of carbonyl (C=O) groups is 1. The highest BCUT2D eigenvalue weighted by atomic mass is 33.1. The van der Waals surface area contributed by atoms with Gasteiger partial charge in [-0.05, 0) is 32.4 Å². The summed E-state index contributed by atoms with van der Waals surface area (Å²) in [6, 6.07) is 0. The molecule has 1 heterocycles. The number of hydrogen-bond donors (Lipinski definition) is 2. The predicted octanol–water partition coefficient (Wildman–Crippen LogP) is 3.40. The summed E-state index contributed by atoms with van der Waals surface area (Å²) in [6.07, 6.45) is 4.76. The van der Waals surface area contributed by atoms with E-state index in [0.29, 0.717) is 6.42 Å². The summed E-state index contributed by atoms with van der Waals surface area (Å²) in [4.78, 5) is 10.2. The molecule has 2 N–H and O–H groups in total. The van der Waals surface area contributed by atoms with Crippen LogP contribution in [-0.2, 0) is 4.79 Å². The molecule has 1 saturated heterocycles. The molecule has 1 rings (SSSR count). The Morgan fingerprint density at radius 1 is 1.35 bits per heavy atom. The van der Waals surface area contributed by atoms with E-state index in [1.54, 1.807) is 0 Å². The molecule has 1 atom stereocenters. The lowest BCUT2D eigenvalue weighted by Crippen LogP contribution is -2.09. The highest BCUT2D eigenvalue weighted by Crippen LogP contribution is 2.39. The lowest BCUT2D eigenvalue weighted by molar-refractivity contribution is -0.137. The third kappa shape index (κ3) is 12.4. The fourth-order valence-electron chi connectivity index (χ4n) is 1.46. The van der Waals surface area contributed by atoms with Crippen LogP contribution in [0, 0.1) is 0 Å². The zero-order chi connectivity index (χ0) is 12.9. The number of carboxylic acids is 1. The Morgan fingerprint density at radius 3 is 2.47 bits per heavy atom. The Hall–Kier alpha value is 0.130. The second kappa shape index (κ2) is 12.6. The van der Waals surface area contributed by atoms with Crippen LogP contribution in [0.5, 0.6) is 0 Å². The van der Waals surface area contributed by atoms with Gasteiger partial charge in [0.05, 0.1) is 0 Å². The van der Waals surface area contributed by atoms with Crippen molar-refractivity contribution in [2.45, 2.75) is 51.2 Å². The molecule has 0 bridgehead atoms. The van der Waals surface area contributed by atoms with Gasteiger partial charge in [-0.25, -0.2) is 0 Å². The van der Waals surface area contributed by atoms with Gasteiger partial charge in [0.2, 0.25) is 0 Å². The smallest absolute Gasteiger partial charge is 0.303 e. The van der Waals surface area contributed by atoms with Crippen molar-refractivity contribution in [3.8, 4) is 0 Å². The fraction of sp³-hybridized carbons (Fsp3) is 0.917. The molecule has 0 spiro atoms. The monoisotopic (exact) mass is 279 g/mol. The number of aliphatic carboxylic acids is 1. The maximum Gasteiger partial charge on any atom is 0.303 e. The summed E-state index contributed by atoms with van der Waals surface area (Å²) in [5, 5.41) is 12.3. The van der Waals surface area contributed by atoms with Gasteiger partial charge in [0.1, 0.15) is 0 Å². The largest absolute Gasteiger partial charge is 0.481 e. The summed E-state index contributed by atoms with van der Waals surface area (Å²) in [6.45, 7) is 6.39.